The second-order valence-corrected chi connectivity index (χ2v) is 10.8. The maximum Gasteiger partial charge on any atom is 0.271 e. The van der Waals surface area contributed by atoms with Crippen molar-refractivity contribution >= 4 is 23.2 Å². The van der Waals surface area contributed by atoms with Gasteiger partial charge in [-0.1, -0.05) is 24.3 Å². The summed E-state index contributed by atoms with van der Waals surface area (Å²) >= 11 is 1.36. The number of benzene rings is 2. The van der Waals surface area contributed by atoms with Gasteiger partial charge in [0, 0.05) is 36.8 Å². The topological polar surface area (TPSA) is 84.4 Å². The second-order valence-electron chi connectivity index (χ2n) is 9.83. The number of carbonyl (C=O) groups excluding carboxylic acids is 2. The maximum absolute atomic E-state index is 13.7. The molecule has 1 saturated carbocycles. The van der Waals surface area contributed by atoms with Crippen LogP contribution in [0.25, 0.3) is 0 Å². The first-order valence-electron chi connectivity index (χ1n) is 13.0. The lowest BCUT2D eigenvalue weighted by Gasteiger charge is -2.38. The average Bonchev–Trinajstić information content (AvgIpc) is 3.72. The number of ether oxygens (including phenoxy) is 1. The fourth-order valence-corrected chi connectivity index (χ4v) is 5.58. The molecule has 2 aromatic carbocycles. The third-order valence-corrected chi connectivity index (χ3v) is 7.89. The van der Waals surface area contributed by atoms with E-state index in [-0.39, 0.29) is 36.2 Å². The Bertz CT molecular complexity index is 1490. The molecule has 2 aromatic heterocycles. The summed E-state index contributed by atoms with van der Waals surface area (Å²) in [5, 5.41) is 5.25. The van der Waals surface area contributed by atoms with E-state index in [4.69, 9.17) is 4.74 Å². The molecule has 6 rings (SSSR count). The normalized spacial score (nSPS) is 16.4. The van der Waals surface area contributed by atoms with Crippen molar-refractivity contribution in [2.24, 2.45) is 5.92 Å². The van der Waals surface area contributed by atoms with Gasteiger partial charge in [-0.2, -0.15) is 0 Å². The molecule has 0 spiro atoms. The summed E-state index contributed by atoms with van der Waals surface area (Å²) < 4.78 is 19.8. The number of nitrogens with zero attached hydrogens (tertiary/aromatic N) is 3. The summed E-state index contributed by atoms with van der Waals surface area (Å²) in [7, 11) is 0. The Kier molecular flexibility index (Phi) is 7.06. The predicted molar refractivity (Wildman–Crippen MR) is 145 cm³/mol. The molecular weight excluding hydrogens is 515 g/mol. The van der Waals surface area contributed by atoms with Gasteiger partial charge in [0.1, 0.15) is 28.9 Å². The van der Waals surface area contributed by atoms with Crippen molar-refractivity contribution in [2.45, 2.75) is 38.5 Å². The van der Waals surface area contributed by atoms with E-state index in [1.54, 1.807) is 29.9 Å². The van der Waals surface area contributed by atoms with Crippen LogP contribution in [0.4, 0.5) is 4.39 Å². The number of hydrogen-bond acceptors (Lipinski definition) is 6. The summed E-state index contributed by atoms with van der Waals surface area (Å²) in [6.07, 6.45) is 6.02. The minimum atomic E-state index is -0.305. The molecule has 1 N–H and O–H groups in total. The Hall–Kier alpha value is -4.11. The fourth-order valence-electron chi connectivity index (χ4n) is 4.89. The molecule has 0 saturated heterocycles. The molecule has 39 heavy (non-hydrogen) atoms. The molecule has 2 amide bonds. The van der Waals surface area contributed by atoms with Gasteiger partial charge in [-0.3, -0.25) is 14.6 Å². The molecule has 7 nitrogen and oxygen atoms in total. The van der Waals surface area contributed by atoms with Gasteiger partial charge in [0.2, 0.25) is 5.91 Å². The highest BCUT2D eigenvalue weighted by Gasteiger charge is 2.39. The maximum atomic E-state index is 13.7. The molecule has 9 heteroatoms. The molecule has 2 aliphatic rings. The van der Waals surface area contributed by atoms with E-state index < -0.39 is 0 Å². The predicted octanol–water partition coefficient (Wildman–Crippen LogP) is 5.07. The van der Waals surface area contributed by atoms with Crippen LogP contribution in [0.5, 0.6) is 5.75 Å². The average molecular weight is 543 g/mol. The molecule has 1 atom stereocenters. The number of pyridine rings is 1. The van der Waals surface area contributed by atoms with E-state index in [1.807, 2.05) is 35.2 Å². The van der Waals surface area contributed by atoms with Gasteiger partial charge in [0.25, 0.3) is 5.91 Å². The number of thiazole rings is 1. The first kappa shape index (κ1) is 25.2. The van der Waals surface area contributed by atoms with Crippen LogP contribution >= 0.6 is 11.3 Å². The molecule has 1 aliphatic heterocycles. The van der Waals surface area contributed by atoms with Crippen LogP contribution < -0.4 is 10.1 Å². The van der Waals surface area contributed by atoms with Gasteiger partial charge < -0.3 is 15.0 Å². The van der Waals surface area contributed by atoms with E-state index >= 15 is 0 Å². The molecule has 1 aliphatic carbocycles. The van der Waals surface area contributed by atoms with E-state index in [0.29, 0.717) is 29.5 Å². The SMILES string of the molecule is O=C(NCc1cccnc1)c1csc(COc2ccc3c(c2)C(c2ccc(F)cc2)N(C(=O)C2CC2)CC3)n1. The Balaban J connectivity index is 1.17. The fraction of sp³-hybridized carbons (Fsp3) is 0.267. The zero-order chi connectivity index (χ0) is 26.8. The summed E-state index contributed by atoms with van der Waals surface area (Å²) in [4.78, 5) is 36.1. The molecule has 0 bridgehead atoms. The van der Waals surface area contributed by atoms with Crippen molar-refractivity contribution < 1.29 is 18.7 Å². The summed E-state index contributed by atoms with van der Waals surface area (Å²) in [6.45, 7) is 1.22. The van der Waals surface area contributed by atoms with E-state index in [9.17, 15) is 14.0 Å². The third kappa shape index (κ3) is 5.68. The number of carbonyl (C=O) groups is 2. The van der Waals surface area contributed by atoms with E-state index in [1.165, 1.54) is 23.5 Å². The van der Waals surface area contributed by atoms with Crippen molar-refractivity contribution in [1.29, 1.82) is 0 Å². The molecule has 198 valence electrons. The number of nitrogens with one attached hydrogen (secondary N) is 1. The van der Waals surface area contributed by atoms with Gasteiger partial charge in [0.15, 0.2) is 0 Å². The van der Waals surface area contributed by atoms with Gasteiger partial charge in [0.05, 0.1) is 6.04 Å². The zero-order valence-corrected chi connectivity index (χ0v) is 22.0. The summed E-state index contributed by atoms with van der Waals surface area (Å²) in [5.41, 5.74) is 4.28. The molecule has 1 fully saturated rings. The number of fused-ring (bicyclic) bond motifs is 1. The molecule has 1 unspecified atom stereocenters. The monoisotopic (exact) mass is 542 g/mol. The van der Waals surface area contributed by atoms with E-state index in [2.05, 4.69) is 15.3 Å². The van der Waals surface area contributed by atoms with Crippen LogP contribution in [0.3, 0.4) is 0 Å². The largest absolute Gasteiger partial charge is 0.486 e. The van der Waals surface area contributed by atoms with Crippen LogP contribution in [0.15, 0.2) is 72.4 Å². The quantitative estimate of drug-likeness (QED) is 0.336. The lowest BCUT2D eigenvalue weighted by atomic mass is 9.87. The van der Waals surface area contributed by atoms with Crippen molar-refractivity contribution in [3.8, 4) is 5.75 Å². The summed E-state index contributed by atoms with van der Waals surface area (Å²) in [5.74, 6) is 0.352. The smallest absolute Gasteiger partial charge is 0.271 e. The van der Waals surface area contributed by atoms with Crippen molar-refractivity contribution in [2.75, 3.05) is 6.54 Å². The first-order valence-corrected chi connectivity index (χ1v) is 13.9. The Morgan fingerprint density at radius 1 is 1.13 bits per heavy atom. The highest BCUT2D eigenvalue weighted by molar-refractivity contribution is 7.09. The van der Waals surface area contributed by atoms with Gasteiger partial charge in [-0.15, -0.1) is 11.3 Å². The Morgan fingerprint density at radius 2 is 1.97 bits per heavy atom. The number of halogens is 1. The van der Waals surface area contributed by atoms with Gasteiger partial charge in [-0.25, -0.2) is 9.37 Å². The third-order valence-electron chi connectivity index (χ3n) is 7.06. The van der Waals surface area contributed by atoms with Crippen LogP contribution in [0.2, 0.25) is 0 Å². The minimum Gasteiger partial charge on any atom is -0.486 e. The van der Waals surface area contributed by atoms with Crippen LogP contribution in [0, 0.1) is 11.7 Å². The van der Waals surface area contributed by atoms with Crippen LogP contribution in [0.1, 0.15) is 56.6 Å². The van der Waals surface area contributed by atoms with Crippen molar-refractivity contribution in [3.63, 3.8) is 0 Å². The van der Waals surface area contributed by atoms with Gasteiger partial charge in [-0.05, 0) is 71.8 Å². The molecule has 3 heterocycles. The molecular formula is C30H27FN4O3S. The number of hydrogen-bond donors (Lipinski definition) is 1. The first-order chi connectivity index (χ1) is 19.0. The standard InChI is InChI=1S/C30H27FN4O3S/c31-23-8-5-21(6-9-23)28-25-14-24(10-7-20(25)11-13-35(28)30(37)22-3-4-22)38-17-27-34-26(18-39-27)29(36)33-16-19-2-1-12-32-15-19/h1-2,5-10,12,14-15,18,22,28H,3-4,11,13,16-17H2,(H,33,36). The highest BCUT2D eigenvalue weighted by Crippen LogP contribution is 2.41. The van der Waals surface area contributed by atoms with Crippen LogP contribution in [-0.2, 0) is 24.4 Å². The van der Waals surface area contributed by atoms with Crippen LogP contribution in [-0.4, -0.2) is 33.2 Å². The number of aromatic nitrogens is 2. The number of rotatable bonds is 8. The zero-order valence-electron chi connectivity index (χ0n) is 21.2. The Labute approximate surface area is 229 Å². The lowest BCUT2D eigenvalue weighted by Crippen LogP contribution is -2.41. The summed E-state index contributed by atoms with van der Waals surface area (Å²) in [6, 6.07) is 15.8. The van der Waals surface area contributed by atoms with Crippen molar-refractivity contribution in [3.05, 3.63) is 111 Å². The van der Waals surface area contributed by atoms with Gasteiger partial charge >= 0.3 is 0 Å². The lowest BCUT2D eigenvalue weighted by molar-refractivity contribution is -0.134. The minimum absolute atomic E-state index is 0.0922. The van der Waals surface area contributed by atoms with E-state index in [0.717, 1.165) is 41.5 Å². The number of amides is 2. The second kappa shape index (κ2) is 10.9. The molecule has 0 radical (unpaired) electrons. The highest BCUT2D eigenvalue weighted by atomic mass is 32.1. The van der Waals surface area contributed by atoms with Crippen molar-refractivity contribution in [1.82, 2.24) is 20.2 Å². The Morgan fingerprint density at radius 3 is 2.74 bits per heavy atom. The molecule has 4 aromatic rings.